The van der Waals surface area contributed by atoms with Gasteiger partial charge in [-0.2, -0.15) is 0 Å². The molecule has 0 unspecified atom stereocenters. The van der Waals surface area contributed by atoms with Gasteiger partial charge in [0.25, 0.3) is 0 Å². The highest BCUT2D eigenvalue weighted by Crippen LogP contribution is 2.32. The van der Waals surface area contributed by atoms with Gasteiger partial charge in [-0.3, -0.25) is 4.79 Å². The number of carboxylic acids is 1. The minimum atomic E-state index is -1.27. The van der Waals surface area contributed by atoms with Crippen LogP contribution < -0.4 is 5.32 Å². The lowest BCUT2D eigenvalue weighted by atomic mass is 9.99. The molecule has 1 aliphatic rings. The van der Waals surface area contributed by atoms with Crippen LogP contribution in [0.5, 0.6) is 0 Å². The second-order valence-corrected chi connectivity index (χ2v) is 6.30. The lowest BCUT2D eigenvalue weighted by molar-refractivity contribution is -0.125. The zero-order valence-corrected chi connectivity index (χ0v) is 13.8. The van der Waals surface area contributed by atoms with Crippen LogP contribution in [0.3, 0.4) is 0 Å². The van der Waals surface area contributed by atoms with Crippen molar-refractivity contribution in [1.82, 2.24) is 10.5 Å². The van der Waals surface area contributed by atoms with E-state index in [0.717, 1.165) is 25.7 Å². The standard InChI is InChI=1S/C18H19FN2O4/c1-10(20-17(22)12-4-2-3-5-12)14-15(21-25-16(14)18(23)24)11-6-8-13(19)9-7-11/h6-10,12H,2-5H2,1H3,(H,20,22)(H,23,24)/t10-/m1/s1. The molecule has 0 bridgehead atoms. The zero-order valence-electron chi connectivity index (χ0n) is 13.8. The molecular formula is C18H19FN2O4. The lowest BCUT2D eigenvalue weighted by Crippen LogP contribution is -2.32. The number of carbonyl (C=O) groups excluding carboxylic acids is 1. The number of aromatic nitrogens is 1. The molecule has 25 heavy (non-hydrogen) atoms. The highest BCUT2D eigenvalue weighted by molar-refractivity contribution is 5.89. The zero-order chi connectivity index (χ0) is 18.0. The molecule has 0 aliphatic heterocycles. The molecule has 2 aromatic rings. The average molecular weight is 346 g/mol. The largest absolute Gasteiger partial charge is 0.475 e. The Morgan fingerprint density at radius 2 is 1.92 bits per heavy atom. The predicted molar refractivity (Wildman–Crippen MR) is 87.4 cm³/mol. The maximum absolute atomic E-state index is 13.1. The molecule has 0 radical (unpaired) electrons. The topological polar surface area (TPSA) is 92.4 Å². The summed E-state index contributed by atoms with van der Waals surface area (Å²) in [6.07, 6.45) is 3.75. The third-order valence-corrected chi connectivity index (χ3v) is 4.56. The van der Waals surface area contributed by atoms with Gasteiger partial charge in [0.05, 0.1) is 11.6 Å². The van der Waals surface area contributed by atoms with Crippen LogP contribution in [-0.2, 0) is 4.79 Å². The van der Waals surface area contributed by atoms with Crippen LogP contribution in [-0.4, -0.2) is 22.1 Å². The molecule has 1 amide bonds. The van der Waals surface area contributed by atoms with Crippen LogP contribution >= 0.6 is 0 Å². The summed E-state index contributed by atoms with van der Waals surface area (Å²) in [5, 5.41) is 16.1. The van der Waals surface area contributed by atoms with Crippen LogP contribution in [0, 0.1) is 11.7 Å². The van der Waals surface area contributed by atoms with E-state index in [2.05, 4.69) is 10.5 Å². The summed E-state index contributed by atoms with van der Waals surface area (Å²) in [5.41, 5.74) is 1.09. The number of benzene rings is 1. The number of nitrogens with zero attached hydrogens (tertiary/aromatic N) is 1. The number of aromatic carboxylic acids is 1. The number of halogens is 1. The summed E-state index contributed by atoms with van der Waals surface area (Å²) >= 11 is 0. The molecule has 3 rings (SSSR count). The van der Waals surface area contributed by atoms with Gasteiger partial charge in [0.1, 0.15) is 11.5 Å². The highest BCUT2D eigenvalue weighted by Gasteiger charge is 2.30. The van der Waals surface area contributed by atoms with Crippen LogP contribution in [0.25, 0.3) is 11.3 Å². The Morgan fingerprint density at radius 1 is 1.28 bits per heavy atom. The van der Waals surface area contributed by atoms with E-state index in [1.54, 1.807) is 6.92 Å². The molecule has 1 aromatic carbocycles. The lowest BCUT2D eigenvalue weighted by Gasteiger charge is -2.17. The molecule has 1 fully saturated rings. The number of hydrogen-bond acceptors (Lipinski definition) is 4. The number of carbonyl (C=O) groups is 2. The van der Waals surface area contributed by atoms with Crippen molar-refractivity contribution in [2.75, 3.05) is 0 Å². The van der Waals surface area contributed by atoms with Crippen LogP contribution in [0.4, 0.5) is 4.39 Å². The number of nitrogens with one attached hydrogen (secondary N) is 1. The van der Waals surface area contributed by atoms with Crippen molar-refractivity contribution in [3.05, 3.63) is 41.4 Å². The first-order valence-electron chi connectivity index (χ1n) is 8.26. The first-order valence-corrected chi connectivity index (χ1v) is 8.26. The van der Waals surface area contributed by atoms with Gasteiger partial charge in [-0.05, 0) is 44.0 Å². The van der Waals surface area contributed by atoms with Gasteiger partial charge in [-0.15, -0.1) is 0 Å². The van der Waals surface area contributed by atoms with Crippen molar-refractivity contribution in [2.45, 2.75) is 38.6 Å². The molecular weight excluding hydrogens is 327 g/mol. The molecule has 1 aliphatic carbocycles. The van der Waals surface area contributed by atoms with Gasteiger partial charge in [-0.25, -0.2) is 9.18 Å². The Labute approximate surface area is 144 Å². The maximum Gasteiger partial charge on any atom is 0.375 e. The van der Waals surface area contributed by atoms with Crippen molar-refractivity contribution in [3.63, 3.8) is 0 Å². The number of hydrogen-bond donors (Lipinski definition) is 2. The van der Waals surface area contributed by atoms with Crippen LogP contribution in [0.15, 0.2) is 28.8 Å². The summed E-state index contributed by atoms with van der Waals surface area (Å²) in [7, 11) is 0. The average Bonchev–Trinajstić information content (AvgIpc) is 3.25. The molecule has 0 saturated heterocycles. The maximum atomic E-state index is 13.1. The Kier molecular flexibility index (Phi) is 4.83. The summed E-state index contributed by atoms with van der Waals surface area (Å²) in [4.78, 5) is 23.8. The Morgan fingerprint density at radius 3 is 2.52 bits per heavy atom. The molecule has 7 heteroatoms. The molecule has 6 nitrogen and oxygen atoms in total. The predicted octanol–water partition coefficient (Wildman–Crippen LogP) is 3.55. The van der Waals surface area contributed by atoms with E-state index in [1.165, 1.54) is 24.3 Å². The Hall–Kier alpha value is -2.70. The fraction of sp³-hybridized carbons (Fsp3) is 0.389. The van der Waals surface area contributed by atoms with Crippen LogP contribution in [0.2, 0.25) is 0 Å². The van der Waals surface area contributed by atoms with Gasteiger partial charge in [0.2, 0.25) is 11.7 Å². The Bertz CT molecular complexity index is 779. The van der Waals surface area contributed by atoms with E-state index in [9.17, 15) is 19.1 Å². The molecule has 0 spiro atoms. The number of rotatable bonds is 5. The number of carboxylic acid groups (broad SMARTS) is 1. The second-order valence-electron chi connectivity index (χ2n) is 6.30. The van der Waals surface area contributed by atoms with E-state index in [4.69, 9.17) is 4.52 Å². The fourth-order valence-electron chi connectivity index (χ4n) is 3.26. The first kappa shape index (κ1) is 17.1. The summed E-state index contributed by atoms with van der Waals surface area (Å²) < 4.78 is 18.1. The summed E-state index contributed by atoms with van der Waals surface area (Å²) in [6, 6.07) is 4.92. The minimum absolute atomic E-state index is 0.0372. The van der Waals surface area contributed by atoms with Crippen molar-refractivity contribution < 1.29 is 23.6 Å². The normalized spacial score (nSPS) is 15.9. The Balaban J connectivity index is 1.92. The second kappa shape index (κ2) is 7.04. The molecule has 2 N–H and O–H groups in total. The highest BCUT2D eigenvalue weighted by atomic mass is 19.1. The number of amides is 1. The third kappa shape index (κ3) is 3.55. The minimum Gasteiger partial charge on any atom is -0.475 e. The molecule has 1 heterocycles. The molecule has 1 aromatic heterocycles. The van der Waals surface area contributed by atoms with Crippen molar-refractivity contribution >= 4 is 11.9 Å². The van der Waals surface area contributed by atoms with E-state index >= 15 is 0 Å². The monoisotopic (exact) mass is 346 g/mol. The molecule has 1 saturated carbocycles. The summed E-state index contributed by atoms with van der Waals surface area (Å²) in [6.45, 7) is 1.69. The fourth-order valence-corrected chi connectivity index (χ4v) is 3.26. The SMILES string of the molecule is C[C@@H](NC(=O)C1CCCC1)c1c(-c2ccc(F)cc2)noc1C(=O)O. The van der Waals surface area contributed by atoms with E-state index in [-0.39, 0.29) is 28.8 Å². The molecule has 132 valence electrons. The third-order valence-electron chi connectivity index (χ3n) is 4.56. The van der Waals surface area contributed by atoms with Crippen molar-refractivity contribution in [3.8, 4) is 11.3 Å². The molecule has 1 atom stereocenters. The van der Waals surface area contributed by atoms with E-state index in [0.29, 0.717) is 5.56 Å². The van der Waals surface area contributed by atoms with Gasteiger partial charge in [-0.1, -0.05) is 18.0 Å². The van der Waals surface area contributed by atoms with Gasteiger partial charge >= 0.3 is 5.97 Å². The van der Waals surface area contributed by atoms with E-state index < -0.39 is 17.8 Å². The van der Waals surface area contributed by atoms with Gasteiger partial charge in [0, 0.05) is 11.5 Å². The summed E-state index contributed by atoms with van der Waals surface area (Å²) in [5.74, 6) is -2.12. The van der Waals surface area contributed by atoms with Gasteiger partial charge in [0.15, 0.2) is 0 Å². The van der Waals surface area contributed by atoms with E-state index in [1.807, 2.05) is 0 Å². The first-order chi connectivity index (χ1) is 12.0. The smallest absolute Gasteiger partial charge is 0.375 e. The van der Waals surface area contributed by atoms with Crippen LogP contribution in [0.1, 0.15) is 54.8 Å². The quantitative estimate of drug-likeness (QED) is 0.864. The van der Waals surface area contributed by atoms with Gasteiger partial charge < -0.3 is 14.9 Å². The van der Waals surface area contributed by atoms with Crippen molar-refractivity contribution in [2.24, 2.45) is 5.92 Å². The van der Waals surface area contributed by atoms with Crippen molar-refractivity contribution in [1.29, 1.82) is 0 Å².